The van der Waals surface area contributed by atoms with Gasteiger partial charge in [0.25, 0.3) is 5.43 Å². The fraction of sp³-hybridized carbons (Fsp3) is 0.222. The Hall–Kier alpha value is -2.90. The highest BCUT2D eigenvalue weighted by Crippen LogP contribution is 2.31. The van der Waals surface area contributed by atoms with Gasteiger partial charge in [-0.2, -0.15) is 13.2 Å². The third kappa shape index (κ3) is 4.01. The minimum absolute atomic E-state index is 0.00592. The Balaban J connectivity index is 2.66. The molecule has 0 aromatic heterocycles. The SMILES string of the molecule is CC(C)c1ccc(Oc2cc(C(F)(F)F)cccc2=O)c(=O)c(O)c1F. The molecule has 0 aliphatic heterocycles. The van der Waals surface area contributed by atoms with Gasteiger partial charge in [-0.15, -0.1) is 0 Å². The van der Waals surface area contributed by atoms with Gasteiger partial charge in [0.05, 0.1) is 5.56 Å². The van der Waals surface area contributed by atoms with Gasteiger partial charge in [-0.25, -0.2) is 4.39 Å². The highest BCUT2D eigenvalue weighted by molar-refractivity contribution is 5.40. The quantitative estimate of drug-likeness (QED) is 0.823. The van der Waals surface area contributed by atoms with E-state index in [0.29, 0.717) is 12.1 Å². The Morgan fingerprint density at radius 1 is 1.04 bits per heavy atom. The molecule has 0 spiro atoms. The summed E-state index contributed by atoms with van der Waals surface area (Å²) in [4.78, 5) is 24.0. The molecule has 0 heterocycles. The third-order valence-electron chi connectivity index (χ3n) is 3.54. The smallest absolute Gasteiger partial charge is 0.416 e. The molecule has 1 N–H and O–H groups in total. The summed E-state index contributed by atoms with van der Waals surface area (Å²) in [5, 5.41) is 9.73. The predicted octanol–water partition coefficient (Wildman–Crippen LogP) is 4.19. The summed E-state index contributed by atoms with van der Waals surface area (Å²) in [7, 11) is 0. The third-order valence-corrected chi connectivity index (χ3v) is 3.54. The van der Waals surface area contributed by atoms with Crippen molar-refractivity contribution >= 4 is 0 Å². The molecule has 4 nitrogen and oxygen atoms in total. The van der Waals surface area contributed by atoms with Crippen LogP contribution in [0.25, 0.3) is 0 Å². The van der Waals surface area contributed by atoms with Crippen molar-refractivity contribution in [2.24, 2.45) is 0 Å². The van der Waals surface area contributed by atoms with E-state index in [4.69, 9.17) is 4.74 Å². The Bertz CT molecular complexity index is 953. The van der Waals surface area contributed by atoms with Crippen LogP contribution in [0.2, 0.25) is 0 Å². The van der Waals surface area contributed by atoms with E-state index in [1.54, 1.807) is 13.8 Å². The van der Waals surface area contributed by atoms with Crippen LogP contribution in [0, 0.1) is 5.82 Å². The monoisotopic (exact) mass is 370 g/mol. The van der Waals surface area contributed by atoms with Crippen molar-refractivity contribution in [1.29, 1.82) is 0 Å². The normalized spacial score (nSPS) is 11.5. The zero-order valence-corrected chi connectivity index (χ0v) is 13.7. The van der Waals surface area contributed by atoms with Gasteiger partial charge in [0.2, 0.25) is 11.2 Å². The molecule has 0 aliphatic rings. The number of hydrogen-bond acceptors (Lipinski definition) is 4. The van der Waals surface area contributed by atoms with Crippen molar-refractivity contribution < 1.29 is 27.4 Å². The van der Waals surface area contributed by atoms with E-state index in [1.165, 1.54) is 0 Å². The summed E-state index contributed by atoms with van der Waals surface area (Å²) in [6, 6.07) is 5.00. The number of rotatable bonds is 3. The molecule has 0 saturated heterocycles. The van der Waals surface area contributed by atoms with Crippen molar-refractivity contribution in [3.8, 4) is 17.2 Å². The lowest BCUT2D eigenvalue weighted by molar-refractivity contribution is -0.137. The van der Waals surface area contributed by atoms with Crippen LogP contribution in [-0.2, 0) is 6.18 Å². The fourth-order valence-corrected chi connectivity index (χ4v) is 2.15. The molecule has 2 rings (SSSR count). The van der Waals surface area contributed by atoms with Crippen LogP contribution in [0.15, 0.2) is 46.0 Å². The molecule has 0 radical (unpaired) electrons. The van der Waals surface area contributed by atoms with E-state index in [2.05, 4.69) is 0 Å². The molecule has 0 saturated carbocycles. The number of hydrogen-bond donors (Lipinski definition) is 1. The summed E-state index contributed by atoms with van der Waals surface area (Å²) < 4.78 is 57.8. The average molecular weight is 370 g/mol. The van der Waals surface area contributed by atoms with Crippen molar-refractivity contribution in [2.75, 3.05) is 0 Å². The maximum Gasteiger partial charge on any atom is 0.416 e. The van der Waals surface area contributed by atoms with Crippen molar-refractivity contribution in [3.63, 3.8) is 0 Å². The number of aromatic hydroxyl groups is 1. The molecule has 138 valence electrons. The average Bonchev–Trinajstić information content (AvgIpc) is 2.78. The van der Waals surface area contributed by atoms with E-state index in [-0.39, 0.29) is 11.5 Å². The molecule has 0 atom stereocenters. The molecular formula is C18H14F4O4. The Morgan fingerprint density at radius 3 is 2.27 bits per heavy atom. The molecule has 0 unspecified atom stereocenters. The second-order valence-corrected chi connectivity index (χ2v) is 5.75. The molecule has 8 heteroatoms. The van der Waals surface area contributed by atoms with Crippen LogP contribution in [0.1, 0.15) is 30.9 Å². The standard InChI is InChI=1S/C18H14F4O4/c1-9(2)11-6-7-13(16(24)17(25)15(11)19)26-14-8-10(18(20,21)22)4-3-5-12(14)23/h3-9H,1-2H3,(H,24,25). The Kier molecular flexibility index (Phi) is 5.34. The molecule has 0 aliphatic carbocycles. The maximum atomic E-state index is 14.1. The molecule has 2 aromatic rings. The first-order chi connectivity index (χ1) is 12.0. The molecule has 26 heavy (non-hydrogen) atoms. The van der Waals surface area contributed by atoms with Crippen molar-refractivity contribution in [3.05, 3.63) is 73.8 Å². The fourth-order valence-electron chi connectivity index (χ4n) is 2.15. The van der Waals surface area contributed by atoms with Gasteiger partial charge in [0.15, 0.2) is 17.3 Å². The second kappa shape index (κ2) is 7.15. The van der Waals surface area contributed by atoms with Crippen LogP contribution < -0.4 is 15.6 Å². The maximum absolute atomic E-state index is 14.1. The van der Waals surface area contributed by atoms with Crippen LogP contribution in [0.3, 0.4) is 0 Å². The zero-order chi connectivity index (χ0) is 19.6. The molecule has 0 bridgehead atoms. The largest absolute Gasteiger partial charge is 0.502 e. The van der Waals surface area contributed by atoms with Crippen LogP contribution in [0.4, 0.5) is 17.6 Å². The lowest BCUT2D eigenvalue weighted by Gasteiger charge is -2.05. The number of ether oxygens (including phenoxy) is 1. The topological polar surface area (TPSA) is 63.6 Å². The van der Waals surface area contributed by atoms with Crippen LogP contribution in [0.5, 0.6) is 17.2 Å². The summed E-state index contributed by atoms with van der Waals surface area (Å²) in [5.41, 5.74) is -3.36. The lowest BCUT2D eigenvalue weighted by Crippen LogP contribution is -2.08. The zero-order valence-electron chi connectivity index (χ0n) is 13.7. The first kappa shape index (κ1) is 19.4. The van der Waals surface area contributed by atoms with E-state index in [9.17, 15) is 32.3 Å². The Labute approximate surface area is 145 Å². The summed E-state index contributed by atoms with van der Waals surface area (Å²) >= 11 is 0. The lowest BCUT2D eigenvalue weighted by atomic mass is 10.1. The van der Waals surface area contributed by atoms with Crippen LogP contribution in [-0.4, -0.2) is 5.11 Å². The van der Waals surface area contributed by atoms with Gasteiger partial charge in [0.1, 0.15) is 0 Å². The highest BCUT2D eigenvalue weighted by atomic mass is 19.4. The van der Waals surface area contributed by atoms with Gasteiger partial charge in [-0.3, -0.25) is 9.59 Å². The minimum Gasteiger partial charge on any atom is -0.502 e. The predicted molar refractivity (Wildman–Crippen MR) is 86.2 cm³/mol. The Morgan fingerprint density at radius 2 is 1.69 bits per heavy atom. The number of alkyl halides is 3. The van der Waals surface area contributed by atoms with E-state index in [0.717, 1.165) is 24.3 Å². The molecule has 0 amide bonds. The molecule has 2 aromatic carbocycles. The van der Waals surface area contributed by atoms with Gasteiger partial charge in [0, 0.05) is 0 Å². The van der Waals surface area contributed by atoms with Gasteiger partial charge in [-0.1, -0.05) is 26.0 Å². The molecular weight excluding hydrogens is 356 g/mol. The van der Waals surface area contributed by atoms with Gasteiger partial charge < -0.3 is 9.84 Å². The van der Waals surface area contributed by atoms with E-state index >= 15 is 0 Å². The van der Waals surface area contributed by atoms with E-state index in [1.807, 2.05) is 0 Å². The first-order valence-electron chi connectivity index (χ1n) is 7.47. The number of halogens is 4. The van der Waals surface area contributed by atoms with Crippen molar-refractivity contribution in [2.45, 2.75) is 25.9 Å². The summed E-state index contributed by atoms with van der Waals surface area (Å²) in [6.07, 6.45) is -4.75. The van der Waals surface area contributed by atoms with Crippen molar-refractivity contribution in [1.82, 2.24) is 0 Å². The van der Waals surface area contributed by atoms with Gasteiger partial charge in [-0.05, 0) is 35.7 Å². The first-order valence-corrected chi connectivity index (χ1v) is 7.47. The van der Waals surface area contributed by atoms with Gasteiger partial charge >= 0.3 is 6.18 Å². The summed E-state index contributed by atoms with van der Waals surface area (Å²) in [5.74, 6) is -4.24. The highest BCUT2D eigenvalue weighted by Gasteiger charge is 2.31. The molecule has 0 fully saturated rings. The minimum atomic E-state index is -4.75. The van der Waals surface area contributed by atoms with Crippen LogP contribution >= 0.6 is 0 Å². The second-order valence-electron chi connectivity index (χ2n) is 5.75. The van der Waals surface area contributed by atoms with E-state index < -0.39 is 45.7 Å². The summed E-state index contributed by atoms with van der Waals surface area (Å²) in [6.45, 7) is 3.23.